The molecule has 0 heterocycles. The molecule has 0 atom stereocenters. The third-order valence-electron chi connectivity index (χ3n) is 2.68. The van der Waals surface area contributed by atoms with Gasteiger partial charge in [-0.2, -0.15) is 0 Å². The van der Waals surface area contributed by atoms with Gasteiger partial charge in [-0.3, -0.25) is 4.79 Å². The van der Waals surface area contributed by atoms with Crippen LogP contribution in [0.5, 0.6) is 5.75 Å². The summed E-state index contributed by atoms with van der Waals surface area (Å²) in [6, 6.07) is 11.6. The zero-order valence-corrected chi connectivity index (χ0v) is 9.94. The Hall–Kier alpha value is -2.09. The summed E-state index contributed by atoms with van der Waals surface area (Å²) in [5.41, 5.74) is 0.628. The van der Waals surface area contributed by atoms with Gasteiger partial charge in [-0.15, -0.1) is 0 Å². The van der Waals surface area contributed by atoms with Gasteiger partial charge in [-0.25, -0.2) is 0 Å². The van der Waals surface area contributed by atoms with Crippen LogP contribution in [0.3, 0.4) is 0 Å². The molecule has 0 aliphatic rings. The van der Waals surface area contributed by atoms with E-state index in [0.29, 0.717) is 11.3 Å². The maximum absolute atomic E-state index is 12.1. The van der Waals surface area contributed by atoms with Crippen molar-refractivity contribution in [3.05, 3.63) is 54.1 Å². The SMILES string of the molecule is CC=CC(=O)c1c(OC)ccc2ccccc12. The number of fused-ring (bicyclic) bond motifs is 1. The Kier molecular flexibility index (Phi) is 3.24. The van der Waals surface area contributed by atoms with Crippen molar-refractivity contribution in [1.82, 2.24) is 0 Å². The smallest absolute Gasteiger partial charge is 0.189 e. The lowest BCUT2D eigenvalue weighted by atomic mass is 10.00. The number of benzene rings is 2. The predicted octanol–water partition coefficient (Wildman–Crippen LogP) is 3.61. The third kappa shape index (κ3) is 2.07. The monoisotopic (exact) mass is 226 g/mol. The summed E-state index contributed by atoms with van der Waals surface area (Å²) in [4.78, 5) is 12.1. The van der Waals surface area contributed by atoms with E-state index in [9.17, 15) is 4.79 Å². The Morgan fingerprint density at radius 1 is 1.18 bits per heavy atom. The zero-order valence-electron chi connectivity index (χ0n) is 9.94. The van der Waals surface area contributed by atoms with Crippen molar-refractivity contribution in [1.29, 1.82) is 0 Å². The van der Waals surface area contributed by atoms with E-state index < -0.39 is 0 Å². The molecule has 0 aliphatic heterocycles. The normalized spacial score (nSPS) is 10.9. The molecule has 0 unspecified atom stereocenters. The molecular formula is C15H14O2. The molecule has 0 saturated carbocycles. The number of ketones is 1. The molecule has 0 aromatic heterocycles. The molecule has 2 rings (SSSR count). The van der Waals surface area contributed by atoms with E-state index in [-0.39, 0.29) is 5.78 Å². The minimum atomic E-state index is -0.0267. The fourth-order valence-electron chi connectivity index (χ4n) is 1.91. The van der Waals surface area contributed by atoms with E-state index in [0.717, 1.165) is 10.8 Å². The lowest BCUT2D eigenvalue weighted by Gasteiger charge is -2.09. The molecule has 2 aromatic carbocycles. The number of hydrogen-bond donors (Lipinski definition) is 0. The largest absolute Gasteiger partial charge is 0.496 e. The van der Waals surface area contributed by atoms with Gasteiger partial charge in [-0.05, 0) is 29.8 Å². The summed E-state index contributed by atoms with van der Waals surface area (Å²) in [5.74, 6) is 0.591. The first-order chi connectivity index (χ1) is 8.27. The van der Waals surface area contributed by atoms with Crippen molar-refractivity contribution in [2.45, 2.75) is 6.92 Å². The fraction of sp³-hybridized carbons (Fsp3) is 0.133. The van der Waals surface area contributed by atoms with Crippen molar-refractivity contribution in [3.63, 3.8) is 0 Å². The lowest BCUT2D eigenvalue weighted by Crippen LogP contribution is -2.00. The Morgan fingerprint density at radius 2 is 1.94 bits per heavy atom. The summed E-state index contributed by atoms with van der Waals surface area (Å²) in [5, 5.41) is 1.97. The van der Waals surface area contributed by atoms with Crippen LogP contribution in [-0.4, -0.2) is 12.9 Å². The molecule has 0 saturated heterocycles. The van der Waals surface area contributed by atoms with Crippen LogP contribution in [0.25, 0.3) is 10.8 Å². The summed E-state index contributed by atoms with van der Waals surface area (Å²) < 4.78 is 5.27. The van der Waals surface area contributed by atoms with Gasteiger partial charge < -0.3 is 4.74 Å². The van der Waals surface area contributed by atoms with Gasteiger partial charge in [0.2, 0.25) is 0 Å². The number of methoxy groups -OCH3 is 1. The molecule has 0 amide bonds. The van der Waals surface area contributed by atoms with E-state index in [1.807, 2.05) is 43.3 Å². The number of ether oxygens (including phenoxy) is 1. The van der Waals surface area contributed by atoms with Gasteiger partial charge in [0.1, 0.15) is 5.75 Å². The Morgan fingerprint density at radius 3 is 2.65 bits per heavy atom. The second kappa shape index (κ2) is 4.83. The van der Waals surface area contributed by atoms with Crippen LogP contribution in [-0.2, 0) is 0 Å². The standard InChI is InChI=1S/C15H14O2/c1-3-6-13(16)15-12-8-5-4-7-11(12)9-10-14(15)17-2/h3-10H,1-2H3. The highest BCUT2D eigenvalue weighted by atomic mass is 16.5. The third-order valence-corrected chi connectivity index (χ3v) is 2.68. The van der Waals surface area contributed by atoms with Gasteiger partial charge >= 0.3 is 0 Å². The Bertz CT molecular complexity index is 582. The maximum atomic E-state index is 12.1. The van der Waals surface area contributed by atoms with Crippen LogP contribution in [0.15, 0.2) is 48.6 Å². The fourth-order valence-corrected chi connectivity index (χ4v) is 1.91. The second-order valence-electron chi connectivity index (χ2n) is 3.73. The number of allylic oxidation sites excluding steroid dienone is 2. The number of rotatable bonds is 3. The van der Waals surface area contributed by atoms with Crippen LogP contribution >= 0.6 is 0 Å². The van der Waals surface area contributed by atoms with Crippen LogP contribution in [0.2, 0.25) is 0 Å². The molecule has 2 aromatic rings. The zero-order chi connectivity index (χ0) is 12.3. The maximum Gasteiger partial charge on any atom is 0.189 e. The summed E-state index contributed by atoms with van der Waals surface area (Å²) >= 11 is 0. The van der Waals surface area contributed by atoms with E-state index in [1.165, 1.54) is 0 Å². The van der Waals surface area contributed by atoms with E-state index in [1.54, 1.807) is 19.3 Å². The Balaban J connectivity index is 2.75. The van der Waals surface area contributed by atoms with Gasteiger partial charge in [-0.1, -0.05) is 36.4 Å². The first-order valence-electron chi connectivity index (χ1n) is 5.50. The van der Waals surface area contributed by atoms with E-state index >= 15 is 0 Å². The minimum Gasteiger partial charge on any atom is -0.496 e. The minimum absolute atomic E-state index is 0.0267. The van der Waals surface area contributed by atoms with Crippen molar-refractivity contribution in [3.8, 4) is 5.75 Å². The predicted molar refractivity (Wildman–Crippen MR) is 69.6 cm³/mol. The summed E-state index contributed by atoms with van der Waals surface area (Å²) in [7, 11) is 1.58. The van der Waals surface area contributed by atoms with Gasteiger partial charge in [0.15, 0.2) is 5.78 Å². The first-order valence-corrected chi connectivity index (χ1v) is 5.50. The molecule has 2 heteroatoms. The quantitative estimate of drug-likeness (QED) is 0.590. The molecule has 0 spiro atoms. The highest BCUT2D eigenvalue weighted by molar-refractivity contribution is 6.15. The van der Waals surface area contributed by atoms with E-state index in [4.69, 9.17) is 4.74 Å². The number of carbonyl (C=O) groups excluding carboxylic acids is 1. The average molecular weight is 226 g/mol. The van der Waals surface area contributed by atoms with Crippen molar-refractivity contribution < 1.29 is 9.53 Å². The second-order valence-corrected chi connectivity index (χ2v) is 3.73. The molecular weight excluding hydrogens is 212 g/mol. The number of hydrogen-bond acceptors (Lipinski definition) is 2. The summed E-state index contributed by atoms with van der Waals surface area (Å²) in [6.07, 6.45) is 3.30. The van der Waals surface area contributed by atoms with Crippen molar-refractivity contribution in [2.75, 3.05) is 7.11 Å². The van der Waals surface area contributed by atoms with Crippen molar-refractivity contribution >= 4 is 16.6 Å². The van der Waals surface area contributed by atoms with Crippen molar-refractivity contribution in [2.24, 2.45) is 0 Å². The molecule has 17 heavy (non-hydrogen) atoms. The van der Waals surface area contributed by atoms with Crippen LogP contribution in [0.1, 0.15) is 17.3 Å². The van der Waals surface area contributed by atoms with Crippen LogP contribution < -0.4 is 4.74 Å². The van der Waals surface area contributed by atoms with Crippen LogP contribution in [0, 0.1) is 0 Å². The Labute approximate surface area is 101 Å². The van der Waals surface area contributed by atoms with Gasteiger partial charge in [0.25, 0.3) is 0 Å². The van der Waals surface area contributed by atoms with Gasteiger partial charge in [0, 0.05) is 0 Å². The highest BCUT2D eigenvalue weighted by Gasteiger charge is 2.13. The molecule has 0 fully saturated rings. The van der Waals surface area contributed by atoms with Gasteiger partial charge in [0.05, 0.1) is 12.7 Å². The highest BCUT2D eigenvalue weighted by Crippen LogP contribution is 2.28. The van der Waals surface area contributed by atoms with E-state index in [2.05, 4.69) is 0 Å². The molecule has 0 aliphatic carbocycles. The molecule has 2 nitrogen and oxygen atoms in total. The first kappa shape index (κ1) is 11.4. The molecule has 0 bridgehead atoms. The summed E-state index contributed by atoms with van der Waals surface area (Å²) in [6.45, 7) is 1.83. The topological polar surface area (TPSA) is 26.3 Å². The average Bonchev–Trinajstić information content (AvgIpc) is 2.37. The lowest BCUT2D eigenvalue weighted by molar-refractivity contribution is 0.104. The molecule has 0 radical (unpaired) electrons. The van der Waals surface area contributed by atoms with Crippen LogP contribution in [0.4, 0.5) is 0 Å². The molecule has 0 N–H and O–H groups in total. The molecule has 86 valence electrons. The number of carbonyl (C=O) groups is 1.